The summed E-state index contributed by atoms with van der Waals surface area (Å²) in [7, 11) is 0. The first-order valence-corrected chi connectivity index (χ1v) is 7.58. The highest BCUT2D eigenvalue weighted by atomic mass is 14.3. The Morgan fingerprint density at radius 3 is 1.67 bits per heavy atom. The van der Waals surface area contributed by atoms with Crippen molar-refractivity contribution in [2.75, 3.05) is 0 Å². The Kier molecular flexibility index (Phi) is 6.75. The predicted octanol–water partition coefficient (Wildman–Crippen LogP) is 6.49. The molecule has 0 nitrogen and oxygen atoms in total. The molecule has 18 heavy (non-hydrogen) atoms. The molecule has 0 amide bonds. The largest absolute Gasteiger partial charge is 0.103 e. The van der Waals surface area contributed by atoms with Gasteiger partial charge in [-0.05, 0) is 82.0 Å². The Labute approximate surface area is 118 Å². The minimum absolute atomic E-state index is 0. The topological polar surface area (TPSA) is 0 Å². The summed E-state index contributed by atoms with van der Waals surface area (Å²) in [5.41, 5.74) is 0. The summed E-state index contributed by atoms with van der Waals surface area (Å²) in [4.78, 5) is 0. The zero-order chi connectivity index (χ0) is 12.1. The van der Waals surface area contributed by atoms with Crippen molar-refractivity contribution >= 4 is 0 Å². The van der Waals surface area contributed by atoms with Gasteiger partial charge in [0.05, 0.1) is 0 Å². The van der Waals surface area contributed by atoms with Gasteiger partial charge in [0.1, 0.15) is 0 Å². The standard InChI is InChI=1S/C17H28.CH4.2H2/c1-3-5-15-8-12-17(13-9-15)16-10-6-14(4-2)7-11-16;;;/h3-5,14-17H,2,6-13H2,1H3;1H4;2*1H/b5-3+;;;. The third-order valence-corrected chi connectivity index (χ3v) is 5.10. The lowest BCUT2D eigenvalue weighted by Crippen LogP contribution is -2.25. The van der Waals surface area contributed by atoms with Crippen LogP contribution in [0.4, 0.5) is 0 Å². The first-order chi connectivity index (χ1) is 8.33. The van der Waals surface area contributed by atoms with E-state index in [4.69, 9.17) is 0 Å². The molecular formula is C18H36. The number of hydrogen-bond acceptors (Lipinski definition) is 0. The number of rotatable bonds is 3. The van der Waals surface area contributed by atoms with Crippen molar-refractivity contribution in [1.29, 1.82) is 0 Å². The first-order valence-electron chi connectivity index (χ1n) is 7.58. The highest BCUT2D eigenvalue weighted by molar-refractivity contribution is 4.91. The van der Waals surface area contributed by atoms with Crippen LogP contribution in [-0.4, -0.2) is 0 Å². The normalized spacial score (nSPS) is 37.2. The lowest BCUT2D eigenvalue weighted by molar-refractivity contribution is 0.166. The van der Waals surface area contributed by atoms with Crippen molar-refractivity contribution in [1.82, 2.24) is 0 Å². The van der Waals surface area contributed by atoms with Gasteiger partial charge in [-0.2, -0.15) is 0 Å². The third kappa shape index (κ3) is 4.00. The minimum Gasteiger partial charge on any atom is -0.103 e. The maximum Gasteiger partial charge on any atom is 0 e. The molecule has 0 saturated heterocycles. The molecule has 0 heteroatoms. The van der Waals surface area contributed by atoms with E-state index in [0.717, 1.165) is 23.7 Å². The van der Waals surface area contributed by atoms with Gasteiger partial charge in [-0.3, -0.25) is 0 Å². The quantitative estimate of drug-likeness (QED) is 0.504. The van der Waals surface area contributed by atoms with Gasteiger partial charge in [-0.25, -0.2) is 0 Å². The minimum atomic E-state index is 0. The smallest absolute Gasteiger partial charge is 0 e. The van der Waals surface area contributed by atoms with Crippen LogP contribution in [0.15, 0.2) is 24.8 Å². The van der Waals surface area contributed by atoms with E-state index in [1.807, 2.05) is 0 Å². The van der Waals surface area contributed by atoms with E-state index in [0.29, 0.717) is 0 Å². The predicted molar refractivity (Wildman–Crippen MR) is 86.9 cm³/mol. The van der Waals surface area contributed by atoms with E-state index in [1.54, 1.807) is 0 Å². The summed E-state index contributed by atoms with van der Waals surface area (Å²) in [5.74, 6) is 3.80. The van der Waals surface area contributed by atoms with Crippen molar-refractivity contribution in [2.24, 2.45) is 23.7 Å². The van der Waals surface area contributed by atoms with E-state index in [9.17, 15) is 0 Å². The molecule has 2 rings (SSSR count). The number of allylic oxidation sites excluding steroid dienone is 3. The van der Waals surface area contributed by atoms with E-state index in [-0.39, 0.29) is 10.3 Å². The summed E-state index contributed by atoms with van der Waals surface area (Å²) in [6.45, 7) is 6.10. The molecule has 2 fully saturated rings. The summed E-state index contributed by atoms with van der Waals surface area (Å²) in [5, 5.41) is 0. The summed E-state index contributed by atoms with van der Waals surface area (Å²) in [6, 6.07) is 0. The maximum atomic E-state index is 3.94. The van der Waals surface area contributed by atoms with Crippen LogP contribution in [0.25, 0.3) is 0 Å². The zero-order valence-electron chi connectivity index (χ0n) is 11.4. The van der Waals surface area contributed by atoms with Crippen LogP contribution in [0, 0.1) is 23.7 Å². The van der Waals surface area contributed by atoms with Crippen LogP contribution in [-0.2, 0) is 0 Å². The molecule has 2 aliphatic carbocycles. The lowest BCUT2D eigenvalue weighted by Gasteiger charge is -2.36. The molecule has 0 bridgehead atoms. The highest BCUT2D eigenvalue weighted by Crippen LogP contribution is 2.41. The van der Waals surface area contributed by atoms with Crippen LogP contribution in [0.1, 0.15) is 68.6 Å². The molecule has 0 heterocycles. The van der Waals surface area contributed by atoms with Gasteiger partial charge in [-0.1, -0.05) is 25.7 Å². The number of hydrogen-bond donors (Lipinski definition) is 0. The van der Waals surface area contributed by atoms with Crippen molar-refractivity contribution in [3.05, 3.63) is 24.8 Å². The zero-order valence-corrected chi connectivity index (χ0v) is 11.4. The van der Waals surface area contributed by atoms with Gasteiger partial charge in [0.15, 0.2) is 0 Å². The van der Waals surface area contributed by atoms with Gasteiger partial charge in [0, 0.05) is 2.85 Å². The Balaban J connectivity index is 0. The fraction of sp³-hybridized carbons (Fsp3) is 0.778. The van der Waals surface area contributed by atoms with Crippen LogP contribution >= 0.6 is 0 Å². The molecule has 0 spiro atoms. The maximum absolute atomic E-state index is 3.94. The molecule has 0 aromatic carbocycles. The molecule has 2 saturated carbocycles. The van der Waals surface area contributed by atoms with Crippen LogP contribution in [0.3, 0.4) is 0 Å². The fourth-order valence-electron chi connectivity index (χ4n) is 3.93. The second-order valence-electron chi connectivity index (χ2n) is 6.11. The van der Waals surface area contributed by atoms with E-state index in [1.165, 1.54) is 51.4 Å². The molecule has 0 aromatic rings. The Morgan fingerprint density at radius 2 is 1.28 bits per heavy atom. The van der Waals surface area contributed by atoms with Crippen LogP contribution in [0.5, 0.6) is 0 Å². The summed E-state index contributed by atoms with van der Waals surface area (Å²) < 4.78 is 0. The Morgan fingerprint density at radius 1 is 0.833 bits per heavy atom. The molecule has 0 aromatic heterocycles. The van der Waals surface area contributed by atoms with Crippen molar-refractivity contribution in [2.45, 2.75) is 65.7 Å². The van der Waals surface area contributed by atoms with Gasteiger partial charge in [0.25, 0.3) is 0 Å². The molecule has 0 unspecified atom stereocenters. The van der Waals surface area contributed by atoms with Gasteiger partial charge in [0.2, 0.25) is 0 Å². The monoisotopic (exact) mass is 252 g/mol. The Hall–Kier alpha value is -0.520. The van der Waals surface area contributed by atoms with Crippen molar-refractivity contribution in [3.63, 3.8) is 0 Å². The van der Waals surface area contributed by atoms with Crippen LogP contribution in [0.2, 0.25) is 0 Å². The Bertz CT molecular complexity index is 257. The van der Waals surface area contributed by atoms with E-state index < -0.39 is 0 Å². The second-order valence-corrected chi connectivity index (χ2v) is 6.11. The molecule has 0 N–H and O–H groups in total. The van der Waals surface area contributed by atoms with Crippen molar-refractivity contribution in [3.8, 4) is 0 Å². The van der Waals surface area contributed by atoms with Gasteiger partial charge < -0.3 is 0 Å². The van der Waals surface area contributed by atoms with E-state index in [2.05, 4.69) is 31.7 Å². The van der Waals surface area contributed by atoms with Gasteiger partial charge >= 0.3 is 0 Å². The molecule has 0 radical (unpaired) electrons. The highest BCUT2D eigenvalue weighted by Gasteiger charge is 2.29. The SMILES string of the molecule is C.C=CC1CCC(C2CCC(/C=C/C)CC2)CC1.[HH].[HH]. The average Bonchev–Trinajstić information content (AvgIpc) is 2.40. The van der Waals surface area contributed by atoms with E-state index >= 15 is 0 Å². The third-order valence-electron chi connectivity index (χ3n) is 5.10. The van der Waals surface area contributed by atoms with Gasteiger partial charge in [-0.15, -0.1) is 6.58 Å². The fourth-order valence-corrected chi connectivity index (χ4v) is 3.93. The summed E-state index contributed by atoms with van der Waals surface area (Å²) >= 11 is 0. The molecular weight excluding hydrogens is 216 g/mol. The second kappa shape index (κ2) is 7.81. The van der Waals surface area contributed by atoms with Crippen molar-refractivity contribution < 1.29 is 2.85 Å². The molecule has 2 aliphatic rings. The molecule has 108 valence electrons. The summed E-state index contributed by atoms with van der Waals surface area (Å²) in [6.07, 6.45) is 18.4. The van der Waals surface area contributed by atoms with Crippen LogP contribution < -0.4 is 0 Å². The average molecular weight is 252 g/mol. The molecule has 0 atom stereocenters. The first kappa shape index (κ1) is 15.5. The molecule has 0 aliphatic heterocycles. The lowest BCUT2D eigenvalue weighted by atomic mass is 9.69.